The van der Waals surface area contributed by atoms with Crippen molar-refractivity contribution in [3.05, 3.63) is 89.4 Å². The van der Waals surface area contributed by atoms with E-state index < -0.39 is 0 Å². The highest BCUT2D eigenvalue weighted by Crippen LogP contribution is 2.35. The molecule has 5 rings (SSSR count). The van der Waals surface area contributed by atoms with E-state index in [0.717, 1.165) is 41.2 Å². The largest absolute Gasteiger partial charge is 0.496 e. The molecular formula is C26H26N6O2. The molecule has 0 bridgehead atoms. The molecule has 8 nitrogen and oxygen atoms in total. The molecule has 1 aromatic carbocycles. The van der Waals surface area contributed by atoms with E-state index in [1.165, 1.54) is 0 Å². The average Bonchev–Trinajstić information content (AvgIpc) is 3.54. The molecule has 1 aliphatic rings. The predicted octanol–water partition coefficient (Wildman–Crippen LogP) is 4.15. The van der Waals surface area contributed by atoms with Gasteiger partial charge >= 0.3 is 0 Å². The highest BCUT2D eigenvalue weighted by Gasteiger charge is 2.34. The van der Waals surface area contributed by atoms with Crippen molar-refractivity contribution >= 4 is 5.91 Å². The predicted molar refractivity (Wildman–Crippen MR) is 127 cm³/mol. The van der Waals surface area contributed by atoms with Gasteiger partial charge in [-0.15, -0.1) is 0 Å². The maximum absolute atomic E-state index is 13.4. The van der Waals surface area contributed by atoms with Crippen LogP contribution in [0.3, 0.4) is 0 Å². The number of rotatable bonds is 6. The van der Waals surface area contributed by atoms with Crippen molar-refractivity contribution in [2.75, 3.05) is 13.7 Å². The first-order valence-electron chi connectivity index (χ1n) is 11.3. The van der Waals surface area contributed by atoms with E-state index in [1.807, 2.05) is 48.2 Å². The number of aromatic nitrogens is 5. The average molecular weight is 455 g/mol. The van der Waals surface area contributed by atoms with Gasteiger partial charge in [0.1, 0.15) is 11.4 Å². The molecule has 8 heteroatoms. The van der Waals surface area contributed by atoms with Gasteiger partial charge in [0.25, 0.3) is 5.91 Å². The third-order valence-electron chi connectivity index (χ3n) is 6.12. The first-order valence-corrected chi connectivity index (χ1v) is 11.3. The number of aryl methyl sites for hydroxylation is 1. The Morgan fingerprint density at radius 1 is 1.09 bits per heavy atom. The number of carbonyl (C=O) groups excluding carboxylic acids is 1. The van der Waals surface area contributed by atoms with E-state index in [9.17, 15) is 4.79 Å². The van der Waals surface area contributed by atoms with E-state index in [1.54, 1.807) is 31.9 Å². The second-order valence-electron chi connectivity index (χ2n) is 8.39. The Labute approximate surface area is 198 Å². The second kappa shape index (κ2) is 9.43. The first kappa shape index (κ1) is 21.8. The molecule has 4 heterocycles. The van der Waals surface area contributed by atoms with Gasteiger partial charge in [-0.2, -0.15) is 0 Å². The van der Waals surface area contributed by atoms with Crippen LogP contribution < -0.4 is 4.74 Å². The van der Waals surface area contributed by atoms with Gasteiger partial charge in [0, 0.05) is 54.7 Å². The lowest BCUT2D eigenvalue weighted by Crippen LogP contribution is -2.31. The summed E-state index contributed by atoms with van der Waals surface area (Å²) >= 11 is 0. The number of H-pyrrole nitrogens is 1. The Morgan fingerprint density at radius 3 is 2.71 bits per heavy atom. The van der Waals surface area contributed by atoms with Crippen LogP contribution in [0.15, 0.2) is 61.2 Å². The molecule has 1 saturated heterocycles. The van der Waals surface area contributed by atoms with Gasteiger partial charge in [0.05, 0.1) is 24.4 Å². The number of nitrogens with one attached hydrogen (secondary N) is 1. The van der Waals surface area contributed by atoms with Gasteiger partial charge in [-0.05, 0) is 38.0 Å². The number of imidazole rings is 1. The molecule has 0 radical (unpaired) electrons. The Morgan fingerprint density at radius 2 is 1.94 bits per heavy atom. The Kier molecular flexibility index (Phi) is 6.03. The van der Waals surface area contributed by atoms with E-state index in [4.69, 9.17) is 4.74 Å². The number of pyridine rings is 1. The Balaban J connectivity index is 1.37. The van der Waals surface area contributed by atoms with Crippen molar-refractivity contribution in [1.82, 2.24) is 29.8 Å². The number of methoxy groups -OCH3 is 1. The summed E-state index contributed by atoms with van der Waals surface area (Å²) in [6.45, 7) is 2.61. The quantitative estimate of drug-likeness (QED) is 0.470. The number of likely N-dealkylation sites (tertiary alicyclic amines) is 1. The van der Waals surface area contributed by atoms with Crippen molar-refractivity contribution < 1.29 is 9.53 Å². The zero-order valence-electron chi connectivity index (χ0n) is 19.2. The number of benzene rings is 1. The first-order chi connectivity index (χ1) is 16.6. The van der Waals surface area contributed by atoms with Crippen LogP contribution in [-0.2, 0) is 6.42 Å². The number of hydrogen-bond donors (Lipinski definition) is 1. The second-order valence-corrected chi connectivity index (χ2v) is 8.39. The van der Waals surface area contributed by atoms with Crippen molar-refractivity contribution in [2.24, 2.45) is 0 Å². The number of para-hydroxylation sites is 1. The molecule has 1 amide bonds. The molecular weight excluding hydrogens is 428 g/mol. The standard InChI is InChI=1S/C26H26N6O2/c1-17-15-30-25(31-17)24-23(27-11-12-28-24)21-7-5-13-32(21)26(33)19-9-10-20(29-16-19)14-18-6-3-4-8-22(18)34-2/h3-4,6,8-12,15-16,21H,5,7,13-14H2,1-2H3,(H,30,31). The van der Waals surface area contributed by atoms with Gasteiger partial charge in [-0.25, -0.2) is 9.97 Å². The van der Waals surface area contributed by atoms with Crippen molar-refractivity contribution in [2.45, 2.75) is 32.2 Å². The van der Waals surface area contributed by atoms with Gasteiger partial charge in [0.2, 0.25) is 0 Å². The molecule has 1 N–H and O–H groups in total. The van der Waals surface area contributed by atoms with Crippen LogP contribution >= 0.6 is 0 Å². The van der Waals surface area contributed by atoms with E-state index >= 15 is 0 Å². The molecule has 1 fully saturated rings. The van der Waals surface area contributed by atoms with Crippen LogP contribution in [-0.4, -0.2) is 49.4 Å². The summed E-state index contributed by atoms with van der Waals surface area (Å²) in [5.74, 6) is 1.45. The number of ether oxygens (including phenoxy) is 1. The molecule has 1 aliphatic heterocycles. The highest BCUT2D eigenvalue weighted by molar-refractivity contribution is 5.94. The Bertz CT molecular complexity index is 1300. The highest BCUT2D eigenvalue weighted by atomic mass is 16.5. The topological polar surface area (TPSA) is 96.9 Å². The van der Waals surface area contributed by atoms with Crippen LogP contribution in [0.2, 0.25) is 0 Å². The third kappa shape index (κ3) is 4.26. The summed E-state index contributed by atoms with van der Waals surface area (Å²) in [5.41, 5.74) is 4.90. The normalized spacial score (nSPS) is 15.5. The van der Waals surface area contributed by atoms with Crippen LogP contribution in [0.4, 0.5) is 0 Å². The summed E-state index contributed by atoms with van der Waals surface area (Å²) in [6.07, 6.45) is 9.13. The maximum atomic E-state index is 13.4. The number of aromatic amines is 1. The van der Waals surface area contributed by atoms with Crippen LogP contribution in [0.5, 0.6) is 5.75 Å². The SMILES string of the molecule is COc1ccccc1Cc1ccc(C(=O)N2CCCC2c2nccnc2-c2ncc(C)[nH]2)cn1. The maximum Gasteiger partial charge on any atom is 0.255 e. The van der Waals surface area contributed by atoms with Crippen molar-refractivity contribution in [3.63, 3.8) is 0 Å². The summed E-state index contributed by atoms with van der Waals surface area (Å²) in [7, 11) is 1.66. The van der Waals surface area contributed by atoms with E-state index in [0.29, 0.717) is 30.0 Å². The molecule has 1 atom stereocenters. The fourth-order valence-corrected chi connectivity index (χ4v) is 4.47. The molecule has 0 saturated carbocycles. The third-order valence-corrected chi connectivity index (χ3v) is 6.12. The van der Waals surface area contributed by atoms with E-state index in [2.05, 4.69) is 24.9 Å². The number of nitrogens with zero attached hydrogens (tertiary/aromatic N) is 5. The fraction of sp³-hybridized carbons (Fsp3) is 0.269. The minimum Gasteiger partial charge on any atom is -0.496 e. The molecule has 3 aromatic heterocycles. The lowest BCUT2D eigenvalue weighted by molar-refractivity contribution is 0.0732. The number of hydrogen-bond acceptors (Lipinski definition) is 6. The van der Waals surface area contributed by atoms with Gasteiger partial charge in [-0.3, -0.25) is 14.8 Å². The minimum atomic E-state index is -0.158. The molecule has 34 heavy (non-hydrogen) atoms. The molecule has 172 valence electrons. The lowest BCUT2D eigenvalue weighted by atomic mass is 10.1. The molecule has 0 aliphatic carbocycles. The number of amides is 1. The molecule has 0 spiro atoms. The fourth-order valence-electron chi connectivity index (χ4n) is 4.47. The summed E-state index contributed by atoms with van der Waals surface area (Å²) in [4.78, 5) is 36.7. The zero-order valence-corrected chi connectivity index (χ0v) is 19.2. The number of carbonyl (C=O) groups is 1. The summed E-state index contributed by atoms with van der Waals surface area (Å²) in [6, 6.07) is 11.5. The van der Waals surface area contributed by atoms with Gasteiger partial charge in [0.15, 0.2) is 5.82 Å². The van der Waals surface area contributed by atoms with Crippen LogP contribution in [0.25, 0.3) is 11.5 Å². The van der Waals surface area contributed by atoms with Crippen LogP contribution in [0, 0.1) is 6.92 Å². The Hall–Kier alpha value is -4.07. The summed E-state index contributed by atoms with van der Waals surface area (Å²) < 4.78 is 5.44. The molecule has 4 aromatic rings. The monoisotopic (exact) mass is 454 g/mol. The van der Waals surface area contributed by atoms with Crippen LogP contribution in [0.1, 0.15) is 51.9 Å². The zero-order chi connectivity index (χ0) is 23.5. The van der Waals surface area contributed by atoms with E-state index in [-0.39, 0.29) is 11.9 Å². The summed E-state index contributed by atoms with van der Waals surface area (Å²) in [5, 5.41) is 0. The minimum absolute atomic E-state index is 0.0499. The van der Waals surface area contributed by atoms with Gasteiger partial charge in [-0.1, -0.05) is 18.2 Å². The molecule has 1 unspecified atom stereocenters. The van der Waals surface area contributed by atoms with Crippen molar-refractivity contribution in [3.8, 4) is 17.3 Å². The van der Waals surface area contributed by atoms with Gasteiger partial charge < -0.3 is 14.6 Å². The smallest absolute Gasteiger partial charge is 0.255 e. The van der Waals surface area contributed by atoms with Crippen molar-refractivity contribution in [1.29, 1.82) is 0 Å². The lowest BCUT2D eigenvalue weighted by Gasteiger charge is -2.25.